The number of aromatic nitrogens is 1. The monoisotopic (exact) mass is 279 g/mol. The molecule has 1 aromatic heterocycles. The van der Waals surface area contributed by atoms with Gasteiger partial charge in [-0.1, -0.05) is 54.3 Å². The van der Waals surface area contributed by atoms with Crippen LogP contribution < -0.4 is 9.47 Å². The fourth-order valence-corrected chi connectivity index (χ4v) is 3.68. The van der Waals surface area contributed by atoms with Gasteiger partial charge in [-0.15, -0.1) is 0 Å². The molecule has 0 radical (unpaired) electrons. The number of hydrogen-bond donors (Lipinski definition) is 1. The summed E-state index contributed by atoms with van der Waals surface area (Å²) in [5, 5.41) is 3.37. The normalized spacial score (nSPS) is 13.8. The molecule has 1 aliphatic heterocycles. The Labute approximate surface area is 115 Å². The van der Waals surface area contributed by atoms with Crippen molar-refractivity contribution < 1.29 is 4.57 Å². The molecule has 3 rings (SSSR count). The van der Waals surface area contributed by atoms with E-state index in [1.807, 2.05) is 6.07 Å². The molecule has 0 aliphatic carbocycles. The van der Waals surface area contributed by atoms with Gasteiger partial charge in [0, 0.05) is 10.9 Å². The average molecular weight is 279 g/mol. The van der Waals surface area contributed by atoms with Crippen LogP contribution in [0.15, 0.2) is 35.7 Å². The molecule has 2 aromatic rings. The summed E-state index contributed by atoms with van der Waals surface area (Å²) in [7, 11) is 0. The van der Waals surface area contributed by atoms with E-state index < -0.39 is 0 Å². The smallest absolute Gasteiger partial charge is 0.213 e. The van der Waals surface area contributed by atoms with Crippen LogP contribution >= 0.6 is 36.2 Å². The Morgan fingerprint density at radius 2 is 2.12 bits per heavy atom. The largest absolute Gasteiger partial charge is 0.343 e. The lowest BCUT2D eigenvalue weighted by Gasteiger charge is -2.01. The third-order valence-corrected chi connectivity index (χ3v) is 4.33. The van der Waals surface area contributed by atoms with Crippen LogP contribution in [0, 0.1) is 0 Å². The SMILES string of the molecule is S=C(S)N1CC[n+]2c(-c3ccccc3)csc21. The first-order valence-electron chi connectivity index (χ1n) is 5.34. The zero-order valence-electron chi connectivity index (χ0n) is 9.04. The fraction of sp³-hybridized carbons (Fsp3) is 0.167. The van der Waals surface area contributed by atoms with Gasteiger partial charge in [0.25, 0.3) is 0 Å². The minimum Gasteiger partial charge on any atom is -0.213 e. The van der Waals surface area contributed by atoms with Crippen LogP contribution in [-0.2, 0) is 6.54 Å². The topological polar surface area (TPSA) is 7.12 Å². The second-order valence-corrected chi connectivity index (χ2v) is 5.80. The first-order valence-corrected chi connectivity index (χ1v) is 7.08. The molecule has 0 unspecified atom stereocenters. The van der Waals surface area contributed by atoms with Gasteiger partial charge in [0.05, 0.1) is 0 Å². The van der Waals surface area contributed by atoms with Crippen molar-refractivity contribution in [2.75, 3.05) is 11.4 Å². The number of nitrogens with zero attached hydrogens (tertiary/aromatic N) is 2. The number of benzene rings is 1. The van der Waals surface area contributed by atoms with E-state index in [0.717, 1.165) is 13.1 Å². The molecule has 1 aromatic carbocycles. The third-order valence-electron chi connectivity index (χ3n) is 2.88. The van der Waals surface area contributed by atoms with E-state index in [1.165, 1.54) is 16.4 Å². The van der Waals surface area contributed by atoms with Crippen LogP contribution in [0.25, 0.3) is 11.3 Å². The Kier molecular flexibility index (Phi) is 2.90. The first-order chi connectivity index (χ1) is 8.27. The molecule has 0 fully saturated rings. The lowest BCUT2D eigenvalue weighted by molar-refractivity contribution is -0.655. The Balaban J connectivity index is 2.06. The number of fused-ring (bicyclic) bond motifs is 1. The lowest BCUT2D eigenvalue weighted by atomic mass is 10.2. The molecule has 5 heteroatoms. The summed E-state index contributed by atoms with van der Waals surface area (Å²) in [5.74, 6) is 0. The second-order valence-electron chi connectivity index (χ2n) is 3.86. The van der Waals surface area contributed by atoms with E-state index in [1.54, 1.807) is 11.3 Å². The minimum atomic E-state index is 0.651. The molecular weight excluding hydrogens is 268 g/mol. The van der Waals surface area contributed by atoms with Crippen molar-refractivity contribution in [3.8, 4) is 11.3 Å². The molecular formula is C12H11N2S3+. The number of thiol groups is 1. The third kappa shape index (κ3) is 1.88. The molecule has 86 valence electrons. The van der Waals surface area contributed by atoms with Gasteiger partial charge in [-0.25, -0.2) is 4.57 Å². The summed E-state index contributed by atoms with van der Waals surface area (Å²) >= 11 is 11.1. The quantitative estimate of drug-likeness (QED) is 0.487. The fourth-order valence-electron chi connectivity index (χ4n) is 2.07. The van der Waals surface area contributed by atoms with E-state index in [2.05, 4.69) is 51.7 Å². The highest BCUT2D eigenvalue weighted by Gasteiger charge is 2.34. The minimum absolute atomic E-state index is 0.651. The van der Waals surface area contributed by atoms with Gasteiger partial charge in [-0.2, -0.15) is 4.90 Å². The maximum Gasteiger partial charge on any atom is 0.343 e. The van der Waals surface area contributed by atoms with E-state index in [-0.39, 0.29) is 0 Å². The van der Waals surface area contributed by atoms with Gasteiger partial charge in [-0.3, -0.25) is 0 Å². The number of anilines is 1. The van der Waals surface area contributed by atoms with Crippen molar-refractivity contribution in [3.05, 3.63) is 35.7 Å². The summed E-state index contributed by atoms with van der Waals surface area (Å²) in [6.07, 6.45) is 0. The number of thiazole rings is 1. The van der Waals surface area contributed by atoms with E-state index in [4.69, 9.17) is 12.2 Å². The average Bonchev–Trinajstić information content (AvgIpc) is 2.89. The van der Waals surface area contributed by atoms with Gasteiger partial charge in [0.1, 0.15) is 18.8 Å². The van der Waals surface area contributed by atoms with E-state index in [0.29, 0.717) is 4.32 Å². The van der Waals surface area contributed by atoms with Gasteiger partial charge < -0.3 is 0 Å². The summed E-state index contributed by atoms with van der Waals surface area (Å²) < 4.78 is 2.96. The van der Waals surface area contributed by atoms with Crippen LogP contribution in [0.2, 0.25) is 0 Å². The molecule has 0 N–H and O–H groups in total. The maximum atomic E-state index is 5.14. The van der Waals surface area contributed by atoms with Crippen LogP contribution in [0.4, 0.5) is 5.13 Å². The number of thiocarbonyl (C=S) groups is 1. The Hall–Kier alpha value is -0.910. The highest BCUT2D eigenvalue weighted by Crippen LogP contribution is 2.29. The zero-order valence-corrected chi connectivity index (χ0v) is 11.6. The molecule has 0 atom stereocenters. The highest BCUT2D eigenvalue weighted by molar-refractivity contribution is 8.11. The van der Waals surface area contributed by atoms with Crippen molar-refractivity contribution >= 4 is 45.6 Å². The molecule has 0 amide bonds. The molecule has 0 saturated carbocycles. The molecule has 1 aliphatic rings. The molecule has 2 heterocycles. The number of rotatable bonds is 1. The van der Waals surface area contributed by atoms with Gasteiger partial charge >= 0.3 is 5.13 Å². The van der Waals surface area contributed by atoms with Gasteiger partial charge in [0.15, 0.2) is 0 Å². The molecule has 2 nitrogen and oxygen atoms in total. The summed E-state index contributed by atoms with van der Waals surface area (Å²) in [5.41, 5.74) is 2.51. The van der Waals surface area contributed by atoms with Gasteiger partial charge in [-0.05, 0) is 12.2 Å². The standard InChI is InChI=1S/C12H10N2S3/c15-12(16)14-7-6-13-10(8-17-11(13)14)9-4-2-1-3-5-9/h1-5,8H,6-7H2/p+1. The molecule has 0 saturated heterocycles. The predicted octanol–water partition coefficient (Wildman–Crippen LogP) is 2.74. The summed E-state index contributed by atoms with van der Waals surface area (Å²) in [4.78, 5) is 2.08. The van der Waals surface area contributed by atoms with Gasteiger partial charge in [0.2, 0.25) is 4.32 Å². The van der Waals surface area contributed by atoms with Crippen molar-refractivity contribution in [2.24, 2.45) is 0 Å². The Bertz CT molecular complexity index is 562. The van der Waals surface area contributed by atoms with Crippen LogP contribution in [0.3, 0.4) is 0 Å². The van der Waals surface area contributed by atoms with Crippen molar-refractivity contribution in [2.45, 2.75) is 6.54 Å². The predicted molar refractivity (Wildman–Crippen MR) is 78.9 cm³/mol. The highest BCUT2D eigenvalue weighted by atomic mass is 32.1. The van der Waals surface area contributed by atoms with Crippen LogP contribution in [-0.4, -0.2) is 10.9 Å². The molecule has 0 spiro atoms. The Morgan fingerprint density at radius 3 is 2.82 bits per heavy atom. The van der Waals surface area contributed by atoms with E-state index >= 15 is 0 Å². The molecule has 17 heavy (non-hydrogen) atoms. The number of hydrogen-bond acceptors (Lipinski definition) is 2. The van der Waals surface area contributed by atoms with Crippen LogP contribution in [0.5, 0.6) is 0 Å². The van der Waals surface area contributed by atoms with Crippen LogP contribution in [0.1, 0.15) is 0 Å². The summed E-state index contributed by atoms with van der Waals surface area (Å²) in [6.45, 7) is 1.90. The molecule has 0 bridgehead atoms. The van der Waals surface area contributed by atoms with Crippen molar-refractivity contribution in [1.29, 1.82) is 0 Å². The maximum absolute atomic E-state index is 5.14. The lowest BCUT2D eigenvalue weighted by Crippen LogP contribution is -2.31. The zero-order chi connectivity index (χ0) is 11.8. The van der Waals surface area contributed by atoms with Crippen molar-refractivity contribution in [1.82, 2.24) is 0 Å². The van der Waals surface area contributed by atoms with E-state index in [9.17, 15) is 0 Å². The summed E-state index contributed by atoms with van der Waals surface area (Å²) in [6, 6.07) is 10.4. The van der Waals surface area contributed by atoms with Crippen molar-refractivity contribution in [3.63, 3.8) is 0 Å². The first kappa shape index (κ1) is 11.2. The Morgan fingerprint density at radius 1 is 1.35 bits per heavy atom. The second kappa shape index (κ2) is 4.40.